The van der Waals surface area contributed by atoms with Crippen LogP contribution in [-0.4, -0.2) is 34.5 Å². The van der Waals surface area contributed by atoms with Gasteiger partial charge in [-0.3, -0.25) is 9.59 Å². The Morgan fingerprint density at radius 3 is 2.67 bits per heavy atom. The maximum Gasteiger partial charge on any atom is 0.328 e. The predicted molar refractivity (Wildman–Crippen MR) is 57.7 cm³/mol. The van der Waals surface area contributed by atoms with Crippen LogP contribution in [-0.2, 0) is 11.3 Å². The van der Waals surface area contributed by atoms with Gasteiger partial charge in [-0.05, 0) is 15.9 Å². The lowest BCUT2D eigenvalue weighted by Crippen LogP contribution is -2.40. The number of likely N-dealkylation sites (N-methyl/N-ethyl adjacent to an activating group) is 1. The van der Waals surface area contributed by atoms with E-state index in [-0.39, 0.29) is 16.9 Å². The summed E-state index contributed by atoms with van der Waals surface area (Å²) in [4.78, 5) is 37.7. The highest BCUT2D eigenvalue weighted by Gasteiger charge is 2.10. The van der Waals surface area contributed by atoms with Gasteiger partial charge in [0, 0.05) is 20.3 Å². The first-order valence-electron chi connectivity index (χ1n) is 4.11. The average Bonchev–Trinajstić information content (AvgIpc) is 2.18. The van der Waals surface area contributed by atoms with Crippen molar-refractivity contribution in [1.82, 2.24) is 14.5 Å². The summed E-state index contributed by atoms with van der Waals surface area (Å²) >= 11 is 2.98. The Hall–Kier alpha value is -1.37. The van der Waals surface area contributed by atoms with Crippen LogP contribution in [0.25, 0.3) is 0 Å². The van der Waals surface area contributed by atoms with Crippen LogP contribution in [0, 0.1) is 0 Å². The molecule has 1 aromatic heterocycles. The molecule has 0 aliphatic heterocycles. The van der Waals surface area contributed by atoms with E-state index in [0.717, 1.165) is 4.57 Å². The molecule has 0 fully saturated rings. The fourth-order valence-electron chi connectivity index (χ4n) is 0.906. The Morgan fingerprint density at radius 1 is 1.53 bits per heavy atom. The summed E-state index contributed by atoms with van der Waals surface area (Å²) in [5.74, 6) is -0.319. The minimum Gasteiger partial charge on any atom is -0.347 e. The lowest BCUT2D eigenvalue weighted by molar-refractivity contribution is -0.129. The molecule has 1 N–H and O–H groups in total. The van der Waals surface area contributed by atoms with Gasteiger partial charge in [0.15, 0.2) is 0 Å². The molecule has 0 saturated carbocycles. The zero-order chi connectivity index (χ0) is 11.6. The van der Waals surface area contributed by atoms with Crippen LogP contribution in [0.3, 0.4) is 0 Å². The molecule has 0 atom stereocenters. The summed E-state index contributed by atoms with van der Waals surface area (Å²) in [6, 6.07) is 0. The van der Waals surface area contributed by atoms with E-state index in [1.807, 2.05) is 0 Å². The monoisotopic (exact) mass is 275 g/mol. The number of halogens is 1. The van der Waals surface area contributed by atoms with Gasteiger partial charge in [0.1, 0.15) is 6.54 Å². The van der Waals surface area contributed by atoms with Crippen LogP contribution in [0.1, 0.15) is 0 Å². The van der Waals surface area contributed by atoms with Gasteiger partial charge in [-0.1, -0.05) is 0 Å². The van der Waals surface area contributed by atoms with E-state index in [0.29, 0.717) is 0 Å². The topological polar surface area (TPSA) is 75.2 Å². The molecular formula is C8H10BrN3O3. The first kappa shape index (κ1) is 11.7. The maximum atomic E-state index is 11.5. The second-order valence-corrected chi connectivity index (χ2v) is 3.98. The Morgan fingerprint density at radius 2 is 2.13 bits per heavy atom. The van der Waals surface area contributed by atoms with Gasteiger partial charge >= 0.3 is 5.69 Å². The lowest BCUT2D eigenvalue weighted by Gasteiger charge is -2.10. The lowest BCUT2D eigenvalue weighted by atomic mass is 10.5. The van der Waals surface area contributed by atoms with Gasteiger partial charge in [0.25, 0.3) is 5.56 Å². The fraction of sp³-hybridized carbons (Fsp3) is 0.375. The van der Waals surface area contributed by atoms with Gasteiger partial charge < -0.3 is 9.88 Å². The van der Waals surface area contributed by atoms with Gasteiger partial charge in [-0.15, -0.1) is 0 Å². The summed E-state index contributed by atoms with van der Waals surface area (Å²) in [6.45, 7) is -0.263. The van der Waals surface area contributed by atoms with Crippen molar-refractivity contribution < 1.29 is 4.79 Å². The molecule has 82 valence electrons. The Balaban J connectivity index is 3.16. The van der Waals surface area contributed by atoms with Crippen molar-refractivity contribution >= 4 is 21.8 Å². The normalized spacial score (nSPS) is 10.1. The molecule has 7 heteroatoms. The number of nitrogens with zero attached hydrogens (tertiary/aromatic N) is 2. The summed E-state index contributed by atoms with van der Waals surface area (Å²) in [7, 11) is 3.11. The number of hydrogen-bond acceptors (Lipinski definition) is 3. The molecule has 1 amide bonds. The van der Waals surface area contributed by atoms with E-state index in [2.05, 4.69) is 20.9 Å². The maximum absolute atomic E-state index is 11.5. The van der Waals surface area contributed by atoms with Crippen molar-refractivity contribution in [1.29, 1.82) is 0 Å². The summed E-state index contributed by atoms with van der Waals surface area (Å²) in [5, 5.41) is 0. The molecule has 0 aliphatic carbocycles. The largest absolute Gasteiger partial charge is 0.347 e. The molecule has 0 unspecified atom stereocenters. The van der Waals surface area contributed by atoms with Crippen molar-refractivity contribution in [2.24, 2.45) is 0 Å². The Kier molecular flexibility index (Phi) is 3.46. The van der Waals surface area contributed by atoms with E-state index in [1.165, 1.54) is 11.1 Å². The number of carbonyl (C=O) groups excluding carboxylic acids is 1. The van der Waals surface area contributed by atoms with Crippen LogP contribution in [0.5, 0.6) is 0 Å². The predicted octanol–water partition coefficient (Wildman–Crippen LogP) is -0.613. The number of aromatic amines is 1. The first-order chi connectivity index (χ1) is 6.93. The van der Waals surface area contributed by atoms with Crippen LogP contribution < -0.4 is 11.2 Å². The molecule has 0 spiro atoms. The van der Waals surface area contributed by atoms with Gasteiger partial charge in [-0.2, -0.15) is 0 Å². The van der Waals surface area contributed by atoms with Crippen LogP contribution in [0.15, 0.2) is 20.3 Å². The second kappa shape index (κ2) is 4.43. The smallest absolute Gasteiger partial charge is 0.328 e. The Bertz CT molecular complexity index is 489. The molecule has 1 heterocycles. The van der Waals surface area contributed by atoms with E-state index in [4.69, 9.17) is 0 Å². The highest BCUT2D eigenvalue weighted by atomic mass is 79.9. The van der Waals surface area contributed by atoms with Crippen LogP contribution in [0.2, 0.25) is 0 Å². The van der Waals surface area contributed by atoms with Gasteiger partial charge in [0.2, 0.25) is 5.91 Å². The molecule has 0 radical (unpaired) electrons. The number of aromatic nitrogens is 2. The molecule has 15 heavy (non-hydrogen) atoms. The molecule has 1 aromatic rings. The number of amides is 1. The number of carbonyl (C=O) groups is 1. The number of rotatable bonds is 2. The van der Waals surface area contributed by atoms with E-state index >= 15 is 0 Å². The highest BCUT2D eigenvalue weighted by Crippen LogP contribution is 1.96. The SMILES string of the molecule is CN(C)C(=O)Cn1c(=O)[nH]cc(Br)c1=O. The molecule has 0 aliphatic rings. The second-order valence-electron chi connectivity index (χ2n) is 3.12. The third kappa shape index (κ3) is 2.56. The van der Waals surface area contributed by atoms with Crippen LogP contribution >= 0.6 is 15.9 Å². The Labute approximate surface area is 93.7 Å². The van der Waals surface area contributed by atoms with E-state index in [9.17, 15) is 14.4 Å². The first-order valence-corrected chi connectivity index (χ1v) is 4.91. The van der Waals surface area contributed by atoms with E-state index < -0.39 is 11.2 Å². The number of hydrogen-bond donors (Lipinski definition) is 1. The average molecular weight is 276 g/mol. The number of nitrogens with one attached hydrogen (secondary N) is 1. The molecule has 6 nitrogen and oxygen atoms in total. The van der Waals surface area contributed by atoms with Crippen LogP contribution in [0.4, 0.5) is 0 Å². The van der Waals surface area contributed by atoms with Crippen molar-refractivity contribution in [3.05, 3.63) is 31.5 Å². The number of H-pyrrole nitrogens is 1. The highest BCUT2D eigenvalue weighted by molar-refractivity contribution is 9.10. The third-order valence-electron chi connectivity index (χ3n) is 1.81. The standard InChI is InChI=1S/C8H10BrN3O3/c1-11(2)6(13)4-12-7(14)5(9)3-10-8(12)15/h3H,4H2,1-2H3,(H,10,15). The molecule has 1 rings (SSSR count). The zero-order valence-corrected chi connectivity index (χ0v) is 9.87. The molecule has 0 bridgehead atoms. The quantitative estimate of drug-likeness (QED) is 0.782. The minimum absolute atomic E-state index is 0.216. The zero-order valence-electron chi connectivity index (χ0n) is 8.28. The van der Waals surface area contributed by atoms with Gasteiger partial charge in [-0.25, -0.2) is 9.36 Å². The van der Waals surface area contributed by atoms with Crippen molar-refractivity contribution in [3.8, 4) is 0 Å². The summed E-state index contributed by atoms with van der Waals surface area (Å²) in [6.07, 6.45) is 1.25. The summed E-state index contributed by atoms with van der Waals surface area (Å²) < 4.78 is 1.06. The van der Waals surface area contributed by atoms with E-state index in [1.54, 1.807) is 14.1 Å². The minimum atomic E-state index is -0.599. The molecular weight excluding hydrogens is 266 g/mol. The molecule has 0 aromatic carbocycles. The van der Waals surface area contributed by atoms with Crippen molar-refractivity contribution in [3.63, 3.8) is 0 Å². The third-order valence-corrected chi connectivity index (χ3v) is 2.38. The van der Waals surface area contributed by atoms with Gasteiger partial charge in [0.05, 0.1) is 4.47 Å². The van der Waals surface area contributed by atoms with Crippen molar-refractivity contribution in [2.75, 3.05) is 14.1 Å². The van der Waals surface area contributed by atoms with Crippen molar-refractivity contribution in [2.45, 2.75) is 6.54 Å². The summed E-state index contributed by atoms with van der Waals surface area (Å²) in [5.41, 5.74) is -1.12. The fourth-order valence-corrected chi connectivity index (χ4v) is 1.23. The molecule has 0 saturated heterocycles.